The fourth-order valence-electron chi connectivity index (χ4n) is 13.7. The predicted molar refractivity (Wildman–Crippen MR) is 405 cm³/mol. The first-order chi connectivity index (χ1) is 49.5. The van der Waals surface area contributed by atoms with Crippen LogP contribution in [0.15, 0.2) is 316 Å². The van der Waals surface area contributed by atoms with Crippen LogP contribution in [0.1, 0.15) is 0 Å². The van der Waals surface area contributed by atoms with Crippen LogP contribution in [0.4, 0.5) is 0 Å². The Labute approximate surface area is 571 Å². The van der Waals surface area contributed by atoms with E-state index < -0.39 is 0 Å². The molecular formula is C88H52N12. The first-order valence-electron chi connectivity index (χ1n) is 33.0. The second-order valence-corrected chi connectivity index (χ2v) is 24.9. The highest BCUT2D eigenvalue weighted by Gasteiger charge is 2.17. The topological polar surface area (TPSA) is 155 Å². The molecule has 12 nitrogen and oxygen atoms in total. The molecule has 0 fully saturated rings. The lowest BCUT2D eigenvalue weighted by Crippen LogP contribution is -1.92. The zero-order chi connectivity index (χ0) is 66.0. The highest BCUT2D eigenvalue weighted by molar-refractivity contribution is 6.08. The lowest BCUT2D eigenvalue weighted by molar-refractivity contribution is 1.15. The van der Waals surface area contributed by atoms with Crippen molar-refractivity contribution in [2.24, 2.45) is 0 Å². The first kappa shape index (κ1) is 57.6. The van der Waals surface area contributed by atoms with E-state index in [1.165, 1.54) is 0 Å². The highest BCUT2D eigenvalue weighted by Crippen LogP contribution is 2.39. The average Bonchev–Trinajstić information content (AvgIpc) is 0.780. The third-order valence-electron chi connectivity index (χ3n) is 18.8. The quantitative estimate of drug-likeness (QED) is 0.133. The van der Waals surface area contributed by atoms with Crippen molar-refractivity contribution in [1.29, 1.82) is 0 Å². The van der Waals surface area contributed by atoms with Crippen molar-refractivity contribution >= 4 is 109 Å². The molecule has 20 aromatic rings. The summed E-state index contributed by atoms with van der Waals surface area (Å²) in [5.74, 6) is 1.24. The molecule has 0 spiro atoms. The molecule has 0 aliphatic heterocycles. The third-order valence-corrected chi connectivity index (χ3v) is 18.8. The second-order valence-electron chi connectivity index (χ2n) is 24.9. The van der Waals surface area contributed by atoms with Crippen molar-refractivity contribution in [3.05, 3.63) is 316 Å². The van der Waals surface area contributed by atoms with Crippen molar-refractivity contribution in [2.45, 2.75) is 0 Å². The van der Waals surface area contributed by atoms with Crippen molar-refractivity contribution in [2.75, 3.05) is 0 Å². The molecule has 10 aromatic heterocycles. The number of hydrogen-bond donors (Lipinski definition) is 0. The van der Waals surface area contributed by atoms with Gasteiger partial charge in [-0.15, -0.1) is 0 Å². The van der Waals surface area contributed by atoms with Gasteiger partial charge < -0.3 is 0 Å². The van der Waals surface area contributed by atoms with E-state index in [2.05, 4.69) is 273 Å². The Morgan fingerprint density at radius 1 is 0.170 bits per heavy atom. The fourth-order valence-corrected chi connectivity index (χ4v) is 13.7. The Hall–Kier alpha value is -13.8. The molecule has 0 N–H and O–H groups in total. The molecule has 0 atom stereocenters. The van der Waals surface area contributed by atoms with Gasteiger partial charge in [0.1, 0.15) is 11.4 Å². The van der Waals surface area contributed by atoms with E-state index in [0.29, 0.717) is 11.6 Å². The van der Waals surface area contributed by atoms with Gasteiger partial charge in [0.25, 0.3) is 0 Å². The van der Waals surface area contributed by atoms with Crippen LogP contribution < -0.4 is 0 Å². The number of aromatic nitrogens is 12. The van der Waals surface area contributed by atoms with E-state index >= 15 is 0 Å². The summed E-state index contributed by atoms with van der Waals surface area (Å²) in [7, 11) is 0. The minimum atomic E-state index is 0.617. The maximum Gasteiger partial charge on any atom is 0.178 e. The number of hydrogen-bond acceptors (Lipinski definition) is 12. The number of rotatable bonds is 8. The summed E-state index contributed by atoms with van der Waals surface area (Å²) < 4.78 is 0. The standard InChI is InChI=1S/2C44H26N6/c1-3-28-5-6-29-13-16-39(50-43(29)42(28)45-20-1)35-11-9-30-23-34(10-8-31(30)24-35)38-18-15-36-25-32(14-17-37(36)48-38)33-7-4-27-12-19-40(49-41(27)26-33)44-46-21-2-22-47-44;1-2-7-34-33(6-1)35(16-17-36(34)39-19-13-29-10-9-28-5-3-22-45-42(28)43(29)50-39)38-20-15-32-25-30(14-18-37(32)48-38)31-11-8-27-12-21-40(49-41(27)26-31)44-46-23-4-24-47-44/h2*1-26H. The second kappa shape index (κ2) is 24.1. The van der Waals surface area contributed by atoms with Crippen molar-refractivity contribution < 1.29 is 0 Å². The maximum atomic E-state index is 5.15. The van der Waals surface area contributed by atoms with Crippen LogP contribution in [0.5, 0.6) is 0 Å². The average molecular weight is 1280 g/mol. The minimum Gasteiger partial charge on any atom is -0.254 e. The predicted octanol–water partition coefficient (Wildman–Crippen LogP) is 21.0. The highest BCUT2D eigenvalue weighted by atomic mass is 14.9. The summed E-state index contributed by atoms with van der Waals surface area (Å²) in [6.45, 7) is 0. The molecular weight excluding hydrogens is 1230 g/mol. The Bertz CT molecular complexity index is 6690. The summed E-state index contributed by atoms with van der Waals surface area (Å²) in [6.07, 6.45) is 10.6. The summed E-state index contributed by atoms with van der Waals surface area (Å²) in [6, 6.07) is 96.7. The van der Waals surface area contributed by atoms with E-state index in [0.717, 1.165) is 187 Å². The molecule has 0 radical (unpaired) electrons. The smallest absolute Gasteiger partial charge is 0.178 e. The van der Waals surface area contributed by atoms with Gasteiger partial charge in [0.15, 0.2) is 11.6 Å². The monoisotopic (exact) mass is 1280 g/mol. The molecule has 0 amide bonds. The van der Waals surface area contributed by atoms with Gasteiger partial charge in [0, 0.05) is 103 Å². The Morgan fingerprint density at radius 3 is 1.01 bits per heavy atom. The Kier molecular flexibility index (Phi) is 13.9. The van der Waals surface area contributed by atoms with Crippen LogP contribution in [0.25, 0.3) is 199 Å². The van der Waals surface area contributed by atoms with Gasteiger partial charge in [-0.1, -0.05) is 170 Å². The lowest BCUT2D eigenvalue weighted by Gasteiger charge is -2.13. The van der Waals surface area contributed by atoms with Crippen LogP contribution in [-0.2, 0) is 0 Å². The van der Waals surface area contributed by atoms with Gasteiger partial charge in [0.2, 0.25) is 0 Å². The summed E-state index contributed by atoms with van der Waals surface area (Å²) in [5.41, 5.74) is 21.4. The van der Waals surface area contributed by atoms with Crippen molar-refractivity contribution in [3.8, 4) is 90.3 Å². The molecule has 0 bridgehead atoms. The van der Waals surface area contributed by atoms with E-state index in [-0.39, 0.29) is 0 Å². The lowest BCUT2D eigenvalue weighted by atomic mass is 9.95. The molecule has 0 saturated heterocycles. The largest absolute Gasteiger partial charge is 0.254 e. The van der Waals surface area contributed by atoms with Crippen LogP contribution in [0, 0.1) is 0 Å². The first-order valence-corrected chi connectivity index (χ1v) is 33.0. The van der Waals surface area contributed by atoms with Crippen molar-refractivity contribution in [1.82, 2.24) is 59.8 Å². The van der Waals surface area contributed by atoms with E-state index in [9.17, 15) is 0 Å². The molecule has 20 rings (SSSR count). The fraction of sp³-hybridized carbons (Fsp3) is 0. The van der Waals surface area contributed by atoms with Crippen LogP contribution >= 0.6 is 0 Å². The van der Waals surface area contributed by atoms with Gasteiger partial charge in [-0.25, -0.2) is 49.8 Å². The Balaban J connectivity index is 0.000000139. The maximum absolute atomic E-state index is 5.15. The number of pyridine rings is 8. The van der Waals surface area contributed by atoms with Gasteiger partial charge in [-0.2, -0.15) is 0 Å². The zero-order valence-electron chi connectivity index (χ0n) is 53.4. The van der Waals surface area contributed by atoms with Gasteiger partial charge in [0.05, 0.1) is 66.9 Å². The van der Waals surface area contributed by atoms with Gasteiger partial charge in [-0.05, 0) is 153 Å². The molecule has 100 heavy (non-hydrogen) atoms. The normalized spacial score (nSPS) is 11.6. The molecule has 12 heteroatoms. The minimum absolute atomic E-state index is 0.617. The van der Waals surface area contributed by atoms with Crippen molar-refractivity contribution in [3.63, 3.8) is 0 Å². The summed E-state index contributed by atoms with van der Waals surface area (Å²) in [4.78, 5) is 56.9. The summed E-state index contributed by atoms with van der Waals surface area (Å²) >= 11 is 0. The molecule has 10 aromatic carbocycles. The number of fused-ring (bicyclic) bond motifs is 12. The van der Waals surface area contributed by atoms with Crippen LogP contribution in [0.3, 0.4) is 0 Å². The van der Waals surface area contributed by atoms with E-state index in [1.54, 1.807) is 24.8 Å². The molecule has 0 aliphatic carbocycles. The molecule has 464 valence electrons. The van der Waals surface area contributed by atoms with Crippen LogP contribution in [-0.4, -0.2) is 59.8 Å². The van der Waals surface area contributed by atoms with E-state index in [4.69, 9.17) is 29.9 Å². The SMILES string of the molecule is c1cnc(-c2ccc3ccc(-c4ccc5nc(-c6ccc(-c7ccc8ccc9cccnc9c8n7)c7ccccc67)ccc5c4)cc3n2)nc1.c1cnc(-c2ccc3ccc(-c4ccc5nc(-c6ccc7cc(-c8ccc9ccc%10cccnc%10c9n8)ccc7c6)ccc5c4)cc3n2)nc1. The van der Waals surface area contributed by atoms with Gasteiger partial charge >= 0.3 is 0 Å². The number of benzene rings is 10. The zero-order valence-corrected chi connectivity index (χ0v) is 53.4. The van der Waals surface area contributed by atoms with Crippen LogP contribution in [0.2, 0.25) is 0 Å². The molecule has 0 unspecified atom stereocenters. The third kappa shape index (κ3) is 10.6. The molecule has 10 heterocycles. The molecule has 0 aliphatic rings. The Morgan fingerprint density at radius 2 is 0.500 bits per heavy atom. The number of nitrogens with zero attached hydrogens (tertiary/aromatic N) is 12. The van der Waals surface area contributed by atoms with Gasteiger partial charge in [-0.3, -0.25) is 9.97 Å². The molecule has 0 saturated carbocycles. The van der Waals surface area contributed by atoms with E-state index in [1.807, 2.05) is 48.8 Å². The summed E-state index contributed by atoms with van der Waals surface area (Å²) in [5, 5.41) is 13.2.